The van der Waals surface area contributed by atoms with Crippen LogP contribution in [0.4, 0.5) is 5.69 Å². The van der Waals surface area contributed by atoms with Gasteiger partial charge in [-0.3, -0.25) is 13.9 Å². The monoisotopic (exact) mass is 567 g/mol. The van der Waals surface area contributed by atoms with Crippen LogP contribution in [-0.4, -0.2) is 50.0 Å². The van der Waals surface area contributed by atoms with Crippen LogP contribution in [0.5, 0.6) is 0 Å². The first-order chi connectivity index (χ1) is 15.7. The van der Waals surface area contributed by atoms with Crippen molar-refractivity contribution in [2.24, 2.45) is 0 Å². The van der Waals surface area contributed by atoms with E-state index in [-0.39, 0.29) is 28.3 Å². The van der Waals surface area contributed by atoms with E-state index < -0.39 is 34.4 Å². The summed E-state index contributed by atoms with van der Waals surface area (Å²) < 4.78 is 26.0. The number of hydrogen-bond acceptors (Lipinski definition) is 4. The summed E-state index contributed by atoms with van der Waals surface area (Å²) in [5.41, 5.74) is 0.468. The number of halogens is 4. The summed E-state index contributed by atoms with van der Waals surface area (Å²) in [5.74, 6) is -1.08. The van der Waals surface area contributed by atoms with Gasteiger partial charge in [-0.25, -0.2) is 8.42 Å². The van der Waals surface area contributed by atoms with Crippen molar-refractivity contribution in [3.8, 4) is 0 Å². The van der Waals surface area contributed by atoms with Crippen LogP contribution in [0.3, 0.4) is 0 Å². The number of hydrogen-bond donors (Lipinski definition) is 1. The van der Waals surface area contributed by atoms with Gasteiger partial charge >= 0.3 is 0 Å². The van der Waals surface area contributed by atoms with Crippen LogP contribution in [0.25, 0.3) is 0 Å². The van der Waals surface area contributed by atoms with Gasteiger partial charge in [0.05, 0.1) is 17.0 Å². The topological polar surface area (TPSA) is 86.8 Å². The summed E-state index contributed by atoms with van der Waals surface area (Å²) in [4.78, 5) is 27.5. The summed E-state index contributed by atoms with van der Waals surface area (Å²) in [6, 6.07) is 8.02. The van der Waals surface area contributed by atoms with Gasteiger partial charge in [0.2, 0.25) is 21.8 Å². The molecule has 0 spiro atoms. The van der Waals surface area contributed by atoms with Crippen LogP contribution >= 0.6 is 46.4 Å². The van der Waals surface area contributed by atoms with Crippen molar-refractivity contribution in [1.82, 2.24) is 10.2 Å². The maximum Gasteiger partial charge on any atom is 0.244 e. The van der Waals surface area contributed by atoms with Crippen LogP contribution in [-0.2, 0) is 26.2 Å². The van der Waals surface area contributed by atoms with Crippen molar-refractivity contribution < 1.29 is 18.0 Å². The predicted octanol–water partition coefficient (Wildman–Crippen LogP) is 5.01. The first kappa shape index (κ1) is 28.5. The van der Waals surface area contributed by atoms with Crippen molar-refractivity contribution in [2.75, 3.05) is 17.1 Å². The van der Waals surface area contributed by atoms with Crippen molar-refractivity contribution in [1.29, 1.82) is 0 Å². The lowest BCUT2D eigenvalue weighted by molar-refractivity contribution is -0.139. The van der Waals surface area contributed by atoms with Crippen LogP contribution in [0.2, 0.25) is 20.1 Å². The molecule has 0 saturated carbocycles. The predicted molar refractivity (Wildman–Crippen MR) is 138 cm³/mol. The Hall–Kier alpha value is -1.71. The normalized spacial score (nSPS) is 12.4. The van der Waals surface area contributed by atoms with E-state index in [2.05, 4.69) is 5.32 Å². The molecule has 1 atom stereocenters. The van der Waals surface area contributed by atoms with Gasteiger partial charge in [0.15, 0.2) is 0 Å². The van der Waals surface area contributed by atoms with E-state index >= 15 is 0 Å². The third-order valence-corrected chi connectivity index (χ3v) is 7.23. The van der Waals surface area contributed by atoms with Gasteiger partial charge in [0.25, 0.3) is 0 Å². The SMILES string of the molecule is CC(C)NC(=O)[C@@H](C)N(Cc1c(Cl)cccc1Cl)C(=O)CN(c1cc(Cl)ccc1Cl)S(C)(=O)=O. The molecule has 12 heteroatoms. The van der Waals surface area contributed by atoms with Crippen LogP contribution in [0.1, 0.15) is 26.3 Å². The molecule has 0 saturated heterocycles. The number of sulfonamides is 1. The molecule has 0 bridgehead atoms. The highest BCUT2D eigenvalue weighted by Crippen LogP contribution is 2.31. The van der Waals surface area contributed by atoms with Gasteiger partial charge < -0.3 is 10.2 Å². The number of carbonyl (C=O) groups is 2. The lowest BCUT2D eigenvalue weighted by Gasteiger charge is -2.32. The van der Waals surface area contributed by atoms with E-state index in [1.807, 2.05) is 0 Å². The van der Waals surface area contributed by atoms with Gasteiger partial charge in [-0.15, -0.1) is 0 Å². The minimum atomic E-state index is -3.95. The molecule has 2 rings (SSSR count). The molecule has 0 fully saturated rings. The lowest BCUT2D eigenvalue weighted by Crippen LogP contribution is -2.52. The van der Waals surface area contributed by atoms with Gasteiger partial charge in [0, 0.05) is 33.2 Å². The fourth-order valence-electron chi connectivity index (χ4n) is 3.11. The van der Waals surface area contributed by atoms with Crippen molar-refractivity contribution in [3.05, 3.63) is 62.1 Å². The summed E-state index contributed by atoms with van der Waals surface area (Å²) in [6.07, 6.45) is 0.946. The molecule has 0 aromatic heterocycles. The molecule has 0 aliphatic heterocycles. The Morgan fingerprint density at radius 2 is 1.56 bits per heavy atom. The number of amides is 2. The van der Waals surface area contributed by atoms with Crippen molar-refractivity contribution in [2.45, 2.75) is 39.4 Å². The quantitative estimate of drug-likeness (QED) is 0.461. The third-order valence-electron chi connectivity index (χ3n) is 4.84. The maximum atomic E-state index is 13.5. The number of anilines is 1. The highest BCUT2D eigenvalue weighted by molar-refractivity contribution is 7.92. The number of benzene rings is 2. The third kappa shape index (κ3) is 7.39. The summed E-state index contributed by atoms with van der Waals surface area (Å²) in [7, 11) is -3.95. The first-order valence-electron chi connectivity index (χ1n) is 10.2. The molecule has 7 nitrogen and oxygen atoms in total. The van der Waals surface area contributed by atoms with E-state index in [9.17, 15) is 18.0 Å². The molecule has 2 amide bonds. The van der Waals surface area contributed by atoms with Crippen molar-refractivity contribution >= 4 is 73.9 Å². The number of nitrogens with one attached hydrogen (secondary N) is 1. The number of carbonyl (C=O) groups excluding carboxylic acids is 2. The molecule has 0 aliphatic carbocycles. The summed E-state index contributed by atoms with van der Waals surface area (Å²) in [5, 5.41) is 3.70. The van der Waals surface area contributed by atoms with E-state index in [0.29, 0.717) is 15.6 Å². The Morgan fingerprint density at radius 1 is 0.971 bits per heavy atom. The van der Waals surface area contributed by atoms with Gasteiger partial charge in [-0.1, -0.05) is 52.5 Å². The molecular weight excluding hydrogens is 544 g/mol. The Morgan fingerprint density at radius 3 is 2.09 bits per heavy atom. The molecule has 2 aromatic carbocycles. The standard InChI is InChI=1S/C22H25Cl4N3O4S/c1-13(2)27-22(31)14(3)28(11-16-17(24)6-5-7-18(16)25)21(30)12-29(34(4,32)33)20-10-15(23)8-9-19(20)26/h5-10,13-14H,11-12H2,1-4H3,(H,27,31)/t14-/m1/s1. The zero-order chi connectivity index (χ0) is 25.8. The minimum Gasteiger partial charge on any atom is -0.352 e. The zero-order valence-electron chi connectivity index (χ0n) is 19.0. The van der Waals surface area contributed by atoms with Gasteiger partial charge in [0.1, 0.15) is 12.6 Å². The average molecular weight is 569 g/mol. The molecule has 0 unspecified atom stereocenters. The number of rotatable bonds is 9. The molecule has 0 heterocycles. The first-order valence-corrected chi connectivity index (χ1v) is 13.5. The molecule has 186 valence electrons. The number of nitrogens with zero attached hydrogens (tertiary/aromatic N) is 2. The highest BCUT2D eigenvalue weighted by Gasteiger charge is 2.31. The van der Waals surface area contributed by atoms with Gasteiger partial charge in [-0.2, -0.15) is 0 Å². The zero-order valence-corrected chi connectivity index (χ0v) is 22.8. The minimum absolute atomic E-state index is 0.0417. The molecule has 1 N–H and O–H groups in total. The molecular formula is C22H25Cl4N3O4S. The Balaban J connectivity index is 2.50. The average Bonchev–Trinajstić information content (AvgIpc) is 2.72. The second-order valence-electron chi connectivity index (χ2n) is 7.93. The fourth-order valence-corrected chi connectivity index (χ4v) is 4.92. The smallest absolute Gasteiger partial charge is 0.244 e. The van der Waals surface area contributed by atoms with Crippen LogP contribution in [0.15, 0.2) is 36.4 Å². The van der Waals surface area contributed by atoms with E-state index in [1.165, 1.54) is 30.0 Å². The Kier molecular flexibility index (Phi) is 9.91. The fraction of sp³-hybridized carbons (Fsp3) is 0.364. The molecule has 0 radical (unpaired) electrons. The van der Waals surface area contributed by atoms with E-state index in [0.717, 1.165) is 10.6 Å². The Bertz CT molecular complexity index is 1150. The maximum absolute atomic E-state index is 13.5. The summed E-state index contributed by atoms with van der Waals surface area (Å²) >= 11 is 24.8. The molecule has 0 aliphatic rings. The second kappa shape index (κ2) is 11.8. The van der Waals surface area contributed by atoms with E-state index in [4.69, 9.17) is 46.4 Å². The second-order valence-corrected chi connectivity index (χ2v) is 11.5. The van der Waals surface area contributed by atoms with Crippen molar-refractivity contribution in [3.63, 3.8) is 0 Å². The van der Waals surface area contributed by atoms with E-state index in [1.54, 1.807) is 32.0 Å². The van der Waals surface area contributed by atoms with Crippen LogP contribution < -0.4 is 9.62 Å². The largest absolute Gasteiger partial charge is 0.352 e. The Labute approximate surface area is 220 Å². The summed E-state index contributed by atoms with van der Waals surface area (Å²) in [6.45, 7) is 4.37. The lowest BCUT2D eigenvalue weighted by atomic mass is 10.1. The molecule has 34 heavy (non-hydrogen) atoms. The van der Waals surface area contributed by atoms with Gasteiger partial charge in [-0.05, 0) is 51.1 Å². The highest BCUT2D eigenvalue weighted by atomic mass is 35.5. The molecule has 2 aromatic rings. The van der Waals surface area contributed by atoms with Crippen LogP contribution in [0, 0.1) is 0 Å².